The van der Waals surface area contributed by atoms with Crippen LogP contribution in [0.1, 0.15) is 26.7 Å². The van der Waals surface area contributed by atoms with Gasteiger partial charge in [0.05, 0.1) is 6.61 Å². The average molecular weight is 178 g/mol. The SMILES string of the molecule is CCC(C)(F)C(=O)OCCCO. The van der Waals surface area contributed by atoms with Crippen LogP contribution in [0.15, 0.2) is 0 Å². The summed E-state index contributed by atoms with van der Waals surface area (Å²) in [5, 5.41) is 8.35. The molecular formula is C8H15FO3. The number of carbonyl (C=O) groups excluding carboxylic acids is 1. The third-order valence-corrected chi connectivity index (χ3v) is 1.63. The van der Waals surface area contributed by atoms with Gasteiger partial charge in [-0.15, -0.1) is 0 Å². The summed E-state index contributed by atoms with van der Waals surface area (Å²) in [5.74, 6) is -0.849. The van der Waals surface area contributed by atoms with Gasteiger partial charge in [0.25, 0.3) is 0 Å². The standard InChI is InChI=1S/C8H15FO3/c1-3-8(2,9)7(11)12-6-4-5-10/h10H,3-6H2,1-2H3. The molecule has 0 aliphatic rings. The van der Waals surface area contributed by atoms with Crippen LogP contribution in [0.2, 0.25) is 0 Å². The quantitative estimate of drug-likeness (QED) is 0.505. The first kappa shape index (κ1) is 11.4. The van der Waals surface area contributed by atoms with E-state index in [9.17, 15) is 9.18 Å². The van der Waals surface area contributed by atoms with E-state index < -0.39 is 11.6 Å². The smallest absolute Gasteiger partial charge is 0.343 e. The summed E-state index contributed by atoms with van der Waals surface area (Å²) in [6.45, 7) is 2.79. The van der Waals surface area contributed by atoms with Crippen LogP contribution in [0.5, 0.6) is 0 Å². The lowest BCUT2D eigenvalue weighted by atomic mass is 10.1. The summed E-state index contributed by atoms with van der Waals surface area (Å²) in [4.78, 5) is 10.9. The van der Waals surface area contributed by atoms with Crippen molar-refractivity contribution in [3.63, 3.8) is 0 Å². The molecule has 0 aromatic carbocycles. The van der Waals surface area contributed by atoms with Gasteiger partial charge in [-0.1, -0.05) is 6.92 Å². The maximum absolute atomic E-state index is 13.1. The van der Waals surface area contributed by atoms with Gasteiger partial charge in [-0.05, 0) is 13.3 Å². The topological polar surface area (TPSA) is 46.5 Å². The van der Waals surface area contributed by atoms with Crippen molar-refractivity contribution in [3.8, 4) is 0 Å². The lowest BCUT2D eigenvalue weighted by Gasteiger charge is -2.15. The van der Waals surface area contributed by atoms with Crippen molar-refractivity contribution in [3.05, 3.63) is 0 Å². The van der Waals surface area contributed by atoms with Crippen LogP contribution in [0.4, 0.5) is 4.39 Å². The van der Waals surface area contributed by atoms with Crippen molar-refractivity contribution in [1.82, 2.24) is 0 Å². The summed E-state index contributed by atoms with van der Waals surface area (Å²) < 4.78 is 17.7. The van der Waals surface area contributed by atoms with Gasteiger partial charge in [-0.2, -0.15) is 0 Å². The monoisotopic (exact) mass is 178 g/mol. The van der Waals surface area contributed by atoms with Crippen molar-refractivity contribution in [2.45, 2.75) is 32.4 Å². The van der Waals surface area contributed by atoms with E-state index >= 15 is 0 Å². The van der Waals surface area contributed by atoms with Crippen LogP contribution in [-0.4, -0.2) is 30.0 Å². The molecule has 3 nitrogen and oxygen atoms in total. The molecule has 1 N–H and O–H groups in total. The number of ether oxygens (including phenoxy) is 1. The van der Waals surface area contributed by atoms with E-state index in [1.807, 2.05) is 0 Å². The molecule has 0 aromatic heterocycles. The molecule has 0 saturated heterocycles. The van der Waals surface area contributed by atoms with Crippen LogP contribution in [-0.2, 0) is 9.53 Å². The van der Waals surface area contributed by atoms with Crippen molar-refractivity contribution >= 4 is 5.97 Å². The Hall–Kier alpha value is -0.640. The molecule has 0 aliphatic heterocycles. The van der Waals surface area contributed by atoms with Gasteiger partial charge in [0.1, 0.15) is 0 Å². The first-order chi connectivity index (χ1) is 5.54. The lowest BCUT2D eigenvalue weighted by Crippen LogP contribution is -2.31. The predicted molar refractivity (Wildman–Crippen MR) is 42.5 cm³/mol. The number of alkyl halides is 1. The number of hydrogen-bond acceptors (Lipinski definition) is 3. The molecule has 1 atom stereocenters. The molecule has 0 rings (SSSR count). The number of aliphatic hydroxyl groups excluding tert-OH is 1. The molecule has 4 heteroatoms. The fourth-order valence-electron chi connectivity index (χ4n) is 0.524. The second-order valence-electron chi connectivity index (χ2n) is 2.76. The van der Waals surface area contributed by atoms with E-state index in [0.717, 1.165) is 0 Å². The number of aliphatic hydroxyl groups is 1. The highest BCUT2D eigenvalue weighted by atomic mass is 19.1. The Bertz CT molecular complexity index is 145. The molecule has 0 aromatic rings. The highest BCUT2D eigenvalue weighted by Gasteiger charge is 2.32. The fraction of sp³-hybridized carbons (Fsp3) is 0.875. The minimum atomic E-state index is -1.89. The highest BCUT2D eigenvalue weighted by Crippen LogP contribution is 2.16. The molecule has 0 amide bonds. The first-order valence-corrected chi connectivity index (χ1v) is 4.01. The molecule has 12 heavy (non-hydrogen) atoms. The zero-order valence-corrected chi connectivity index (χ0v) is 7.47. The van der Waals surface area contributed by atoms with Gasteiger partial charge in [-0.25, -0.2) is 9.18 Å². The summed E-state index contributed by atoms with van der Waals surface area (Å²) in [6.07, 6.45) is 0.455. The van der Waals surface area contributed by atoms with Crippen molar-refractivity contribution in [2.24, 2.45) is 0 Å². The van der Waals surface area contributed by atoms with Crippen LogP contribution in [0.25, 0.3) is 0 Å². The molecule has 0 radical (unpaired) electrons. The van der Waals surface area contributed by atoms with Gasteiger partial charge >= 0.3 is 5.97 Å². The Labute approximate surface area is 71.5 Å². The zero-order valence-electron chi connectivity index (χ0n) is 7.47. The maximum atomic E-state index is 13.1. The summed E-state index contributed by atoms with van der Waals surface area (Å²) in [7, 11) is 0. The number of carbonyl (C=O) groups is 1. The Morgan fingerprint density at radius 2 is 2.25 bits per heavy atom. The van der Waals surface area contributed by atoms with Gasteiger partial charge in [-0.3, -0.25) is 0 Å². The molecule has 0 bridgehead atoms. The van der Waals surface area contributed by atoms with Crippen LogP contribution >= 0.6 is 0 Å². The van der Waals surface area contributed by atoms with Gasteiger partial charge in [0, 0.05) is 13.0 Å². The van der Waals surface area contributed by atoms with E-state index in [1.54, 1.807) is 6.92 Å². The molecule has 72 valence electrons. The summed E-state index contributed by atoms with van der Waals surface area (Å²) in [6, 6.07) is 0. The Morgan fingerprint density at radius 3 is 2.67 bits per heavy atom. The summed E-state index contributed by atoms with van der Waals surface area (Å²) >= 11 is 0. The number of rotatable bonds is 5. The third kappa shape index (κ3) is 3.67. The highest BCUT2D eigenvalue weighted by molar-refractivity contribution is 5.78. The largest absolute Gasteiger partial charge is 0.463 e. The minimum Gasteiger partial charge on any atom is -0.463 e. The average Bonchev–Trinajstić information content (AvgIpc) is 2.05. The molecule has 0 heterocycles. The maximum Gasteiger partial charge on any atom is 0.343 e. The van der Waals surface area contributed by atoms with E-state index in [4.69, 9.17) is 5.11 Å². The van der Waals surface area contributed by atoms with E-state index in [-0.39, 0.29) is 19.6 Å². The van der Waals surface area contributed by atoms with Crippen molar-refractivity contribution in [2.75, 3.05) is 13.2 Å². The molecule has 0 spiro atoms. The van der Waals surface area contributed by atoms with E-state index in [0.29, 0.717) is 6.42 Å². The van der Waals surface area contributed by atoms with Crippen LogP contribution in [0.3, 0.4) is 0 Å². The number of hydrogen-bond donors (Lipinski definition) is 1. The van der Waals surface area contributed by atoms with Crippen molar-refractivity contribution < 1.29 is 19.0 Å². The van der Waals surface area contributed by atoms with Crippen molar-refractivity contribution in [1.29, 1.82) is 0 Å². The molecule has 0 fully saturated rings. The Balaban J connectivity index is 3.72. The Kier molecular flexibility index (Phi) is 4.81. The van der Waals surface area contributed by atoms with E-state index in [1.165, 1.54) is 6.92 Å². The van der Waals surface area contributed by atoms with Gasteiger partial charge < -0.3 is 9.84 Å². The second kappa shape index (κ2) is 5.09. The predicted octanol–water partition coefficient (Wildman–Crippen LogP) is 1.05. The normalized spacial score (nSPS) is 15.3. The number of halogens is 1. The van der Waals surface area contributed by atoms with Gasteiger partial charge in [0.15, 0.2) is 0 Å². The Morgan fingerprint density at radius 1 is 1.67 bits per heavy atom. The minimum absolute atomic E-state index is 0.0532. The number of esters is 1. The van der Waals surface area contributed by atoms with Crippen LogP contribution < -0.4 is 0 Å². The lowest BCUT2D eigenvalue weighted by molar-refractivity contribution is -0.157. The fourth-order valence-corrected chi connectivity index (χ4v) is 0.524. The molecule has 0 aliphatic carbocycles. The molecule has 0 saturated carbocycles. The molecular weight excluding hydrogens is 163 g/mol. The summed E-state index contributed by atoms with van der Waals surface area (Å²) in [5.41, 5.74) is -1.89. The van der Waals surface area contributed by atoms with Crippen LogP contribution in [0, 0.1) is 0 Å². The second-order valence-corrected chi connectivity index (χ2v) is 2.76. The zero-order chi connectivity index (χ0) is 9.61. The van der Waals surface area contributed by atoms with E-state index in [2.05, 4.69) is 4.74 Å². The van der Waals surface area contributed by atoms with Gasteiger partial charge in [0.2, 0.25) is 5.67 Å². The first-order valence-electron chi connectivity index (χ1n) is 4.01. The molecule has 1 unspecified atom stereocenters. The third-order valence-electron chi connectivity index (χ3n) is 1.63.